The van der Waals surface area contributed by atoms with Crippen molar-refractivity contribution in [2.75, 3.05) is 20.8 Å². The lowest BCUT2D eigenvalue weighted by Crippen LogP contribution is -2.29. The lowest BCUT2D eigenvalue weighted by Gasteiger charge is -2.13. The number of nitrogens with one attached hydrogen (secondary N) is 1. The number of hydrogen-bond donors (Lipinski definition) is 2. The molecule has 0 unspecified atom stereocenters. The molecule has 0 atom stereocenters. The SMILES string of the molecule is COc1ccc(/C(=C\C=O)CC(=O)NCC(=O)O)c(OC)c1. The second-order valence-electron chi connectivity index (χ2n) is 4.24. The quantitative estimate of drug-likeness (QED) is 0.546. The number of hydrogen-bond acceptors (Lipinski definition) is 5. The molecule has 0 aromatic heterocycles. The summed E-state index contributed by atoms with van der Waals surface area (Å²) in [6.45, 7) is -0.479. The molecule has 0 radical (unpaired) electrons. The van der Waals surface area contributed by atoms with Gasteiger partial charge in [-0.1, -0.05) is 0 Å². The number of allylic oxidation sites excluding steroid dienone is 1. The summed E-state index contributed by atoms with van der Waals surface area (Å²) in [7, 11) is 2.97. The first kappa shape index (κ1) is 17.2. The average molecular weight is 307 g/mol. The minimum Gasteiger partial charge on any atom is -0.497 e. The summed E-state index contributed by atoms with van der Waals surface area (Å²) in [6, 6.07) is 4.96. The molecule has 0 heterocycles. The maximum Gasteiger partial charge on any atom is 0.322 e. The third-order valence-electron chi connectivity index (χ3n) is 2.81. The van der Waals surface area contributed by atoms with Crippen molar-refractivity contribution < 1.29 is 29.0 Å². The van der Waals surface area contributed by atoms with Crippen molar-refractivity contribution >= 4 is 23.7 Å². The van der Waals surface area contributed by atoms with Crippen molar-refractivity contribution in [1.29, 1.82) is 0 Å². The predicted molar refractivity (Wildman–Crippen MR) is 78.8 cm³/mol. The van der Waals surface area contributed by atoms with Gasteiger partial charge in [0.15, 0.2) is 0 Å². The van der Waals surface area contributed by atoms with Crippen LogP contribution in [0.25, 0.3) is 5.57 Å². The normalized spacial score (nSPS) is 10.7. The summed E-state index contributed by atoms with van der Waals surface area (Å²) in [5, 5.41) is 10.8. The minimum absolute atomic E-state index is 0.144. The van der Waals surface area contributed by atoms with E-state index in [0.29, 0.717) is 28.9 Å². The molecule has 7 heteroatoms. The zero-order chi connectivity index (χ0) is 16.5. The largest absolute Gasteiger partial charge is 0.497 e. The molecule has 0 saturated carbocycles. The molecule has 118 valence electrons. The Bertz CT molecular complexity index is 594. The Balaban J connectivity index is 3.01. The van der Waals surface area contributed by atoms with E-state index >= 15 is 0 Å². The topological polar surface area (TPSA) is 102 Å². The standard InChI is InChI=1S/C15H17NO6/c1-21-11-3-4-12(13(8-11)22-2)10(5-6-17)7-14(18)16-9-15(19)20/h3-6,8H,7,9H2,1-2H3,(H,16,18)(H,19,20)/b10-5-. The number of ether oxygens (including phenoxy) is 2. The molecule has 2 N–H and O–H groups in total. The molecule has 0 aliphatic rings. The molecule has 0 spiro atoms. The third kappa shape index (κ3) is 4.93. The molecule has 0 aliphatic heterocycles. The first-order valence-corrected chi connectivity index (χ1v) is 6.37. The molecule has 0 fully saturated rings. The predicted octanol–water partition coefficient (Wildman–Crippen LogP) is 0.877. The van der Waals surface area contributed by atoms with E-state index < -0.39 is 18.4 Å². The second kappa shape index (κ2) is 8.46. The zero-order valence-corrected chi connectivity index (χ0v) is 12.3. The van der Waals surface area contributed by atoms with Gasteiger partial charge in [0.25, 0.3) is 0 Å². The van der Waals surface area contributed by atoms with Gasteiger partial charge in [0.05, 0.1) is 20.6 Å². The fraction of sp³-hybridized carbons (Fsp3) is 0.267. The number of carboxylic acids is 1. The zero-order valence-electron chi connectivity index (χ0n) is 12.3. The van der Waals surface area contributed by atoms with Crippen LogP contribution in [-0.2, 0) is 14.4 Å². The molecule has 22 heavy (non-hydrogen) atoms. The summed E-state index contributed by atoms with van der Waals surface area (Å²) in [4.78, 5) is 33.0. The third-order valence-corrected chi connectivity index (χ3v) is 2.81. The van der Waals surface area contributed by atoms with Crippen LogP contribution in [0.15, 0.2) is 24.3 Å². The minimum atomic E-state index is -1.14. The highest BCUT2D eigenvalue weighted by atomic mass is 16.5. The molecule has 0 aliphatic carbocycles. The first-order chi connectivity index (χ1) is 10.5. The van der Waals surface area contributed by atoms with Crippen LogP contribution < -0.4 is 14.8 Å². The second-order valence-corrected chi connectivity index (χ2v) is 4.24. The van der Waals surface area contributed by atoms with Crippen molar-refractivity contribution in [3.8, 4) is 11.5 Å². The van der Waals surface area contributed by atoms with Gasteiger partial charge < -0.3 is 19.9 Å². The van der Waals surface area contributed by atoms with Crippen molar-refractivity contribution in [3.63, 3.8) is 0 Å². The van der Waals surface area contributed by atoms with Crippen LogP contribution in [0.3, 0.4) is 0 Å². The fourth-order valence-corrected chi connectivity index (χ4v) is 1.80. The Morgan fingerprint density at radius 1 is 1.27 bits per heavy atom. The van der Waals surface area contributed by atoms with Crippen LogP contribution in [0.1, 0.15) is 12.0 Å². The summed E-state index contributed by atoms with van der Waals surface area (Å²) >= 11 is 0. The smallest absolute Gasteiger partial charge is 0.322 e. The van der Waals surface area contributed by atoms with Crippen LogP contribution >= 0.6 is 0 Å². The highest BCUT2D eigenvalue weighted by molar-refractivity contribution is 5.95. The number of carbonyl (C=O) groups excluding carboxylic acids is 2. The number of benzene rings is 1. The van der Waals surface area contributed by atoms with Gasteiger partial charge in [-0.3, -0.25) is 14.4 Å². The van der Waals surface area contributed by atoms with Gasteiger partial charge in [-0.05, 0) is 23.8 Å². The number of methoxy groups -OCH3 is 2. The van der Waals surface area contributed by atoms with Gasteiger partial charge in [-0.15, -0.1) is 0 Å². The van der Waals surface area contributed by atoms with Gasteiger partial charge in [-0.2, -0.15) is 0 Å². The summed E-state index contributed by atoms with van der Waals surface area (Å²) in [6.07, 6.45) is 1.66. The summed E-state index contributed by atoms with van der Waals surface area (Å²) < 4.78 is 10.3. The Labute approximate surface area is 127 Å². The van der Waals surface area contributed by atoms with E-state index in [-0.39, 0.29) is 6.42 Å². The van der Waals surface area contributed by atoms with Gasteiger partial charge in [0, 0.05) is 11.6 Å². The molecule has 0 bridgehead atoms. The Hall–Kier alpha value is -2.83. The summed E-state index contributed by atoms with van der Waals surface area (Å²) in [5.74, 6) is -0.635. The number of carboxylic acid groups (broad SMARTS) is 1. The monoisotopic (exact) mass is 307 g/mol. The molecule has 0 saturated heterocycles. The Morgan fingerprint density at radius 2 is 2.00 bits per heavy atom. The van der Waals surface area contributed by atoms with Gasteiger partial charge >= 0.3 is 5.97 Å². The molecular formula is C15H17NO6. The van der Waals surface area contributed by atoms with Crippen molar-refractivity contribution in [2.24, 2.45) is 0 Å². The van der Waals surface area contributed by atoms with Crippen LogP contribution in [0, 0.1) is 0 Å². The number of rotatable bonds is 8. The highest BCUT2D eigenvalue weighted by Crippen LogP contribution is 2.31. The molecule has 1 rings (SSSR count). The van der Waals surface area contributed by atoms with Gasteiger partial charge in [0.1, 0.15) is 24.3 Å². The lowest BCUT2D eigenvalue weighted by molar-refractivity contribution is -0.137. The van der Waals surface area contributed by atoms with Crippen LogP contribution in [0.2, 0.25) is 0 Å². The lowest BCUT2D eigenvalue weighted by atomic mass is 10.0. The Morgan fingerprint density at radius 3 is 2.55 bits per heavy atom. The molecule has 7 nitrogen and oxygen atoms in total. The number of amides is 1. The number of aliphatic carboxylic acids is 1. The van der Waals surface area contributed by atoms with E-state index in [9.17, 15) is 14.4 Å². The number of carbonyl (C=O) groups is 3. The highest BCUT2D eigenvalue weighted by Gasteiger charge is 2.14. The van der Waals surface area contributed by atoms with E-state index in [0.717, 1.165) is 0 Å². The van der Waals surface area contributed by atoms with Crippen molar-refractivity contribution in [3.05, 3.63) is 29.8 Å². The van der Waals surface area contributed by atoms with Crippen LogP contribution in [0.4, 0.5) is 0 Å². The van der Waals surface area contributed by atoms with Crippen LogP contribution in [0.5, 0.6) is 11.5 Å². The fourth-order valence-electron chi connectivity index (χ4n) is 1.80. The van der Waals surface area contributed by atoms with Gasteiger partial charge in [-0.25, -0.2) is 0 Å². The maximum absolute atomic E-state index is 11.7. The summed E-state index contributed by atoms with van der Waals surface area (Å²) in [5.41, 5.74) is 0.971. The van der Waals surface area contributed by atoms with E-state index in [1.807, 2.05) is 0 Å². The molecule has 1 aromatic carbocycles. The molecule has 1 aromatic rings. The van der Waals surface area contributed by atoms with E-state index in [1.165, 1.54) is 20.3 Å². The Kier molecular flexibility index (Phi) is 6.62. The van der Waals surface area contributed by atoms with Gasteiger partial charge in [0.2, 0.25) is 5.91 Å². The van der Waals surface area contributed by atoms with E-state index in [1.54, 1.807) is 18.2 Å². The molecule has 1 amide bonds. The number of aldehydes is 1. The average Bonchev–Trinajstić information content (AvgIpc) is 2.51. The first-order valence-electron chi connectivity index (χ1n) is 6.37. The van der Waals surface area contributed by atoms with E-state index in [2.05, 4.69) is 5.32 Å². The van der Waals surface area contributed by atoms with Crippen LogP contribution in [-0.4, -0.2) is 44.0 Å². The maximum atomic E-state index is 11.7. The van der Waals surface area contributed by atoms with Crippen molar-refractivity contribution in [2.45, 2.75) is 6.42 Å². The molecular weight excluding hydrogens is 290 g/mol. The van der Waals surface area contributed by atoms with E-state index in [4.69, 9.17) is 14.6 Å². The van der Waals surface area contributed by atoms with Crippen molar-refractivity contribution in [1.82, 2.24) is 5.32 Å².